The molecule has 0 radical (unpaired) electrons. The number of benzene rings is 2. The van der Waals surface area contributed by atoms with Gasteiger partial charge in [0, 0.05) is 5.56 Å². The van der Waals surface area contributed by atoms with Crippen LogP contribution in [-0.2, 0) is 0 Å². The molecule has 118 valence electrons. The first kappa shape index (κ1) is 16.0. The molecular formula is C19H15N3OS. The maximum Gasteiger partial charge on any atom is 0.277 e. The van der Waals surface area contributed by atoms with Gasteiger partial charge in [0.1, 0.15) is 22.5 Å². The summed E-state index contributed by atoms with van der Waals surface area (Å²) >= 11 is 1.30. The molecule has 0 saturated heterocycles. The van der Waals surface area contributed by atoms with E-state index in [1.807, 2.05) is 73.8 Å². The van der Waals surface area contributed by atoms with Crippen LogP contribution in [0.15, 0.2) is 64.4 Å². The van der Waals surface area contributed by atoms with Gasteiger partial charge in [0.15, 0.2) is 0 Å². The summed E-state index contributed by atoms with van der Waals surface area (Å²) in [5.41, 5.74) is 2.35. The second-order valence-corrected chi connectivity index (χ2v) is 6.07. The molecule has 0 amide bonds. The van der Waals surface area contributed by atoms with Crippen molar-refractivity contribution >= 4 is 11.8 Å². The first-order valence-corrected chi connectivity index (χ1v) is 8.61. The highest BCUT2D eigenvalue weighted by Gasteiger charge is 2.18. The van der Waals surface area contributed by atoms with Gasteiger partial charge in [-0.2, -0.15) is 5.26 Å². The fourth-order valence-electron chi connectivity index (χ4n) is 2.46. The SMILES string of the molecule is CSc1nc(-c2ccccc2)n(-c2ccc(C)cc2)c(=O)c1C#N. The van der Waals surface area contributed by atoms with E-state index >= 15 is 0 Å². The molecule has 5 heteroatoms. The molecule has 0 aliphatic carbocycles. The van der Waals surface area contributed by atoms with Crippen molar-refractivity contribution in [3.05, 3.63) is 76.1 Å². The lowest BCUT2D eigenvalue weighted by Crippen LogP contribution is -2.25. The number of aryl methyl sites for hydroxylation is 1. The van der Waals surface area contributed by atoms with Gasteiger partial charge in [0.05, 0.1) is 5.69 Å². The molecule has 0 aliphatic heterocycles. The minimum Gasteiger partial charge on any atom is -0.267 e. The summed E-state index contributed by atoms with van der Waals surface area (Å²) in [5.74, 6) is 0.535. The fourth-order valence-corrected chi connectivity index (χ4v) is 2.97. The van der Waals surface area contributed by atoms with Crippen LogP contribution in [0, 0.1) is 18.3 Å². The summed E-state index contributed by atoms with van der Waals surface area (Å²) in [6, 6.07) is 19.1. The number of aromatic nitrogens is 2. The standard InChI is InChI=1S/C19H15N3OS/c1-13-8-10-15(11-9-13)22-17(14-6-4-3-5-7-14)21-18(24-2)16(12-20)19(22)23/h3-11H,1-2H3. The summed E-state index contributed by atoms with van der Waals surface area (Å²) in [6.45, 7) is 1.99. The maximum atomic E-state index is 12.9. The van der Waals surface area contributed by atoms with Crippen LogP contribution >= 0.6 is 11.8 Å². The first-order valence-electron chi connectivity index (χ1n) is 7.39. The Morgan fingerprint density at radius 2 is 1.75 bits per heavy atom. The van der Waals surface area contributed by atoms with Gasteiger partial charge in [-0.15, -0.1) is 11.8 Å². The van der Waals surface area contributed by atoms with E-state index < -0.39 is 0 Å². The van der Waals surface area contributed by atoms with Crippen molar-refractivity contribution in [1.82, 2.24) is 9.55 Å². The lowest BCUT2D eigenvalue weighted by molar-refractivity contribution is 0.893. The lowest BCUT2D eigenvalue weighted by Gasteiger charge is -2.14. The normalized spacial score (nSPS) is 10.4. The summed E-state index contributed by atoms with van der Waals surface area (Å²) in [6.07, 6.45) is 1.81. The third-order valence-corrected chi connectivity index (χ3v) is 4.36. The van der Waals surface area contributed by atoms with E-state index in [-0.39, 0.29) is 11.1 Å². The highest BCUT2D eigenvalue weighted by Crippen LogP contribution is 2.24. The van der Waals surface area contributed by atoms with Gasteiger partial charge in [-0.25, -0.2) is 4.98 Å². The molecule has 1 aromatic heterocycles. The van der Waals surface area contributed by atoms with Gasteiger partial charge >= 0.3 is 0 Å². The molecule has 3 aromatic rings. The Morgan fingerprint density at radius 3 is 2.33 bits per heavy atom. The molecule has 0 spiro atoms. The molecule has 0 bridgehead atoms. The zero-order valence-electron chi connectivity index (χ0n) is 13.4. The van der Waals surface area contributed by atoms with E-state index in [4.69, 9.17) is 0 Å². The van der Waals surface area contributed by atoms with Crippen LogP contribution in [0.3, 0.4) is 0 Å². The molecular weight excluding hydrogens is 318 g/mol. The van der Waals surface area contributed by atoms with E-state index in [1.54, 1.807) is 0 Å². The first-order chi connectivity index (χ1) is 11.7. The molecule has 24 heavy (non-hydrogen) atoms. The van der Waals surface area contributed by atoms with Crippen molar-refractivity contribution in [3.63, 3.8) is 0 Å². The summed E-state index contributed by atoms with van der Waals surface area (Å²) < 4.78 is 1.51. The predicted molar refractivity (Wildman–Crippen MR) is 96.5 cm³/mol. The minimum absolute atomic E-state index is 0.0720. The van der Waals surface area contributed by atoms with E-state index in [1.165, 1.54) is 16.3 Å². The largest absolute Gasteiger partial charge is 0.277 e. The second-order valence-electron chi connectivity index (χ2n) is 5.27. The average Bonchev–Trinajstić information content (AvgIpc) is 2.62. The lowest BCUT2D eigenvalue weighted by atomic mass is 10.1. The fraction of sp³-hybridized carbons (Fsp3) is 0.105. The van der Waals surface area contributed by atoms with Crippen LogP contribution in [0.5, 0.6) is 0 Å². The van der Waals surface area contributed by atoms with Crippen molar-refractivity contribution in [2.45, 2.75) is 11.9 Å². The molecule has 3 rings (SSSR count). The molecule has 2 aromatic carbocycles. The Balaban J connectivity index is 2.39. The van der Waals surface area contributed by atoms with Crippen molar-refractivity contribution in [2.75, 3.05) is 6.26 Å². The Labute approximate surface area is 144 Å². The van der Waals surface area contributed by atoms with Crippen LogP contribution in [0.1, 0.15) is 11.1 Å². The van der Waals surface area contributed by atoms with Gasteiger partial charge in [-0.1, -0.05) is 48.0 Å². The monoisotopic (exact) mass is 333 g/mol. The molecule has 1 heterocycles. The Kier molecular flexibility index (Phi) is 4.50. The van der Waals surface area contributed by atoms with Gasteiger partial charge in [0.25, 0.3) is 5.56 Å². The van der Waals surface area contributed by atoms with Crippen LogP contribution in [-0.4, -0.2) is 15.8 Å². The number of hydrogen-bond donors (Lipinski definition) is 0. The van der Waals surface area contributed by atoms with E-state index in [0.717, 1.165) is 11.1 Å². The Morgan fingerprint density at radius 1 is 1.08 bits per heavy atom. The third kappa shape index (κ3) is 2.84. The number of rotatable bonds is 3. The van der Waals surface area contributed by atoms with Gasteiger partial charge in [0.2, 0.25) is 0 Å². The maximum absolute atomic E-state index is 12.9. The predicted octanol–water partition coefficient (Wildman–Crippen LogP) is 3.80. The molecule has 0 saturated carbocycles. The topological polar surface area (TPSA) is 58.7 Å². The van der Waals surface area contributed by atoms with E-state index in [0.29, 0.717) is 16.5 Å². The number of nitrogens with zero attached hydrogens (tertiary/aromatic N) is 3. The van der Waals surface area contributed by atoms with Gasteiger partial charge in [-0.3, -0.25) is 9.36 Å². The smallest absolute Gasteiger partial charge is 0.267 e. The van der Waals surface area contributed by atoms with Crippen molar-refractivity contribution in [3.8, 4) is 23.1 Å². The Hall–Kier alpha value is -2.84. The highest BCUT2D eigenvalue weighted by molar-refractivity contribution is 7.98. The zero-order valence-corrected chi connectivity index (χ0v) is 14.2. The number of thioether (sulfide) groups is 1. The second kappa shape index (κ2) is 6.73. The molecule has 0 aliphatic rings. The Bertz CT molecular complexity index is 970. The van der Waals surface area contributed by atoms with Crippen LogP contribution in [0.4, 0.5) is 0 Å². The summed E-state index contributed by atoms with van der Waals surface area (Å²) in [7, 11) is 0. The number of hydrogen-bond acceptors (Lipinski definition) is 4. The highest BCUT2D eigenvalue weighted by atomic mass is 32.2. The zero-order chi connectivity index (χ0) is 17.1. The van der Waals surface area contributed by atoms with Crippen molar-refractivity contribution in [2.24, 2.45) is 0 Å². The molecule has 4 nitrogen and oxygen atoms in total. The molecule has 0 unspecified atom stereocenters. The minimum atomic E-state index is -0.348. The number of nitriles is 1. The summed E-state index contributed by atoms with van der Waals surface area (Å²) in [4.78, 5) is 17.5. The van der Waals surface area contributed by atoms with Crippen molar-refractivity contribution in [1.29, 1.82) is 5.26 Å². The molecule has 0 atom stereocenters. The van der Waals surface area contributed by atoms with Gasteiger partial charge in [-0.05, 0) is 25.3 Å². The van der Waals surface area contributed by atoms with E-state index in [2.05, 4.69) is 4.98 Å². The van der Waals surface area contributed by atoms with E-state index in [9.17, 15) is 10.1 Å². The van der Waals surface area contributed by atoms with Crippen LogP contribution in [0.2, 0.25) is 0 Å². The molecule has 0 fully saturated rings. The summed E-state index contributed by atoms with van der Waals surface area (Å²) in [5, 5.41) is 9.84. The van der Waals surface area contributed by atoms with Crippen LogP contribution < -0.4 is 5.56 Å². The van der Waals surface area contributed by atoms with Gasteiger partial charge < -0.3 is 0 Å². The third-order valence-electron chi connectivity index (χ3n) is 3.68. The quantitative estimate of drug-likeness (QED) is 0.540. The van der Waals surface area contributed by atoms with Crippen LogP contribution in [0.25, 0.3) is 17.1 Å². The average molecular weight is 333 g/mol. The van der Waals surface area contributed by atoms with Crippen molar-refractivity contribution < 1.29 is 0 Å². The molecule has 0 N–H and O–H groups in total.